The van der Waals surface area contributed by atoms with Crippen molar-refractivity contribution < 1.29 is 9.50 Å². The molecule has 0 amide bonds. The summed E-state index contributed by atoms with van der Waals surface area (Å²) >= 11 is 5.88. The Morgan fingerprint density at radius 1 is 1.53 bits per heavy atom. The van der Waals surface area contributed by atoms with Gasteiger partial charge in [-0.3, -0.25) is 0 Å². The van der Waals surface area contributed by atoms with Crippen LogP contribution in [0.4, 0.5) is 4.39 Å². The molecule has 0 aromatic heterocycles. The lowest BCUT2D eigenvalue weighted by molar-refractivity contribution is 0.110. The Labute approximate surface area is 93.9 Å². The molecule has 1 aliphatic rings. The molecule has 1 saturated carbocycles. The second-order valence-corrected chi connectivity index (χ2v) is 4.81. The summed E-state index contributed by atoms with van der Waals surface area (Å²) in [7, 11) is 0. The topological polar surface area (TPSA) is 20.2 Å². The Morgan fingerprint density at radius 3 is 2.73 bits per heavy atom. The van der Waals surface area contributed by atoms with Crippen molar-refractivity contribution in [1.29, 1.82) is 0 Å². The summed E-state index contributed by atoms with van der Waals surface area (Å²) in [5, 5.41) is 9.83. The molecule has 15 heavy (non-hydrogen) atoms. The van der Waals surface area contributed by atoms with Crippen molar-refractivity contribution >= 4 is 11.6 Å². The van der Waals surface area contributed by atoms with Gasteiger partial charge < -0.3 is 5.11 Å². The maximum absolute atomic E-state index is 13.2. The van der Waals surface area contributed by atoms with Gasteiger partial charge in [0.25, 0.3) is 0 Å². The minimum absolute atomic E-state index is 0.0581. The normalized spacial score (nSPS) is 20.0. The summed E-state index contributed by atoms with van der Waals surface area (Å²) in [6.45, 7) is 1.79. The highest BCUT2D eigenvalue weighted by atomic mass is 35.5. The first-order chi connectivity index (χ1) is 7.05. The van der Waals surface area contributed by atoms with Gasteiger partial charge in [-0.25, -0.2) is 4.39 Å². The zero-order chi connectivity index (χ0) is 11.1. The summed E-state index contributed by atoms with van der Waals surface area (Å²) in [5.74, 6) is -0.379. The number of benzene rings is 1. The first-order valence-electron chi connectivity index (χ1n) is 5.16. The summed E-state index contributed by atoms with van der Waals surface area (Å²) in [6.07, 6.45) is 2.31. The van der Waals surface area contributed by atoms with Crippen LogP contribution in [0.2, 0.25) is 5.02 Å². The maximum Gasteiger partial charge on any atom is 0.142 e. The smallest absolute Gasteiger partial charge is 0.142 e. The van der Waals surface area contributed by atoms with Crippen LogP contribution in [-0.2, 0) is 6.42 Å². The lowest BCUT2D eigenvalue weighted by Crippen LogP contribution is -2.20. The monoisotopic (exact) mass is 228 g/mol. The third kappa shape index (κ3) is 2.01. The van der Waals surface area contributed by atoms with Gasteiger partial charge in [-0.15, -0.1) is 0 Å². The molecule has 1 unspecified atom stereocenters. The highest BCUT2D eigenvalue weighted by Crippen LogP contribution is 2.51. The van der Waals surface area contributed by atoms with Crippen LogP contribution in [0, 0.1) is 11.2 Å². The van der Waals surface area contributed by atoms with Crippen LogP contribution in [0.3, 0.4) is 0 Å². The predicted molar refractivity (Wildman–Crippen MR) is 58.5 cm³/mol. The van der Waals surface area contributed by atoms with E-state index in [1.807, 2.05) is 6.07 Å². The molecule has 1 atom stereocenters. The van der Waals surface area contributed by atoms with Crippen LogP contribution < -0.4 is 0 Å². The fraction of sp³-hybridized carbons (Fsp3) is 0.500. The van der Waals surface area contributed by atoms with E-state index in [0.29, 0.717) is 6.42 Å². The van der Waals surface area contributed by atoms with Crippen molar-refractivity contribution in [2.45, 2.75) is 32.3 Å². The van der Waals surface area contributed by atoms with Crippen molar-refractivity contribution in [3.05, 3.63) is 34.6 Å². The fourth-order valence-electron chi connectivity index (χ4n) is 1.97. The van der Waals surface area contributed by atoms with Crippen molar-refractivity contribution in [2.24, 2.45) is 5.41 Å². The van der Waals surface area contributed by atoms with Crippen LogP contribution in [-0.4, -0.2) is 11.2 Å². The molecule has 0 aliphatic heterocycles. The molecule has 0 bridgehead atoms. The molecule has 1 aromatic carbocycles. The predicted octanol–water partition coefficient (Wildman–Crippen LogP) is 3.18. The van der Waals surface area contributed by atoms with Gasteiger partial charge in [-0.2, -0.15) is 0 Å². The molecule has 0 spiro atoms. The Morgan fingerprint density at radius 2 is 2.20 bits per heavy atom. The van der Waals surface area contributed by atoms with Crippen LogP contribution in [0.1, 0.15) is 25.3 Å². The second-order valence-electron chi connectivity index (χ2n) is 4.43. The first-order valence-corrected chi connectivity index (χ1v) is 5.54. The number of hydrogen-bond donors (Lipinski definition) is 1. The molecule has 0 radical (unpaired) electrons. The number of aliphatic hydroxyl groups is 1. The Bertz CT molecular complexity index is 372. The molecular weight excluding hydrogens is 215 g/mol. The molecule has 0 saturated heterocycles. The molecule has 1 nitrogen and oxygen atoms in total. The molecule has 1 fully saturated rings. The van der Waals surface area contributed by atoms with E-state index < -0.39 is 0 Å². The number of halogens is 2. The average Bonchev–Trinajstić information content (AvgIpc) is 2.94. The highest BCUT2D eigenvalue weighted by molar-refractivity contribution is 6.31. The molecule has 1 aliphatic carbocycles. The van der Waals surface area contributed by atoms with Gasteiger partial charge in [-0.05, 0) is 37.8 Å². The molecule has 3 heteroatoms. The molecule has 0 heterocycles. The van der Waals surface area contributed by atoms with E-state index >= 15 is 0 Å². The van der Waals surface area contributed by atoms with Crippen LogP contribution in [0.5, 0.6) is 0 Å². The molecule has 82 valence electrons. The van der Waals surface area contributed by atoms with E-state index in [4.69, 9.17) is 11.6 Å². The minimum atomic E-state index is -0.379. The van der Waals surface area contributed by atoms with E-state index in [-0.39, 0.29) is 22.4 Å². The third-order valence-corrected chi connectivity index (χ3v) is 3.78. The largest absolute Gasteiger partial charge is 0.393 e. The number of rotatable bonds is 3. The van der Waals surface area contributed by atoms with Crippen LogP contribution in [0.15, 0.2) is 18.2 Å². The van der Waals surface area contributed by atoms with Gasteiger partial charge >= 0.3 is 0 Å². The van der Waals surface area contributed by atoms with Gasteiger partial charge in [0, 0.05) is 5.41 Å². The molecule has 1 N–H and O–H groups in total. The fourth-order valence-corrected chi connectivity index (χ4v) is 2.16. The van der Waals surface area contributed by atoms with Gasteiger partial charge in [0.1, 0.15) is 5.82 Å². The van der Waals surface area contributed by atoms with Crippen molar-refractivity contribution in [3.8, 4) is 0 Å². The second kappa shape index (κ2) is 3.76. The molecular formula is C12H14ClFO. The molecule has 1 aromatic rings. The minimum Gasteiger partial charge on any atom is -0.393 e. The average molecular weight is 229 g/mol. The number of hydrogen-bond acceptors (Lipinski definition) is 1. The van der Waals surface area contributed by atoms with Crippen LogP contribution in [0.25, 0.3) is 0 Å². The van der Waals surface area contributed by atoms with E-state index in [2.05, 4.69) is 0 Å². The maximum atomic E-state index is 13.2. The van der Waals surface area contributed by atoms with Gasteiger partial charge in [0.05, 0.1) is 11.1 Å². The summed E-state index contributed by atoms with van der Waals surface area (Å²) < 4.78 is 13.2. The SMILES string of the molecule is CC(O)C1(Cc2cccc(F)c2Cl)CC1. The van der Waals surface area contributed by atoms with Crippen molar-refractivity contribution in [3.63, 3.8) is 0 Å². The zero-order valence-corrected chi connectivity index (χ0v) is 9.39. The first kappa shape index (κ1) is 10.9. The third-order valence-electron chi connectivity index (χ3n) is 3.35. The Kier molecular flexibility index (Phi) is 2.73. The van der Waals surface area contributed by atoms with Gasteiger partial charge in [-0.1, -0.05) is 23.7 Å². The Balaban J connectivity index is 2.22. The Hall–Kier alpha value is -0.600. The lowest BCUT2D eigenvalue weighted by Gasteiger charge is -2.19. The van der Waals surface area contributed by atoms with E-state index in [1.54, 1.807) is 13.0 Å². The quantitative estimate of drug-likeness (QED) is 0.843. The van der Waals surface area contributed by atoms with Crippen molar-refractivity contribution in [2.75, 3.05) is 0 Å². The highest BCUT2D eigenvalue weighted by Gasteiger charge is 2.46. The van der Waals surface area contributed by atoms with Gasteiger partial charge in [0.2, 0.25) is 0 Å². The zero-order valence-electron chi connectivity index (χ0n) is 8.63. The number of aliphatic hydroxyl groups excluding tert-OH is 1. The lowest BCUT2D eigenvalue weighted by atomic mass is 9.91. The van der Waals surface area contributed by atoms with Crippen LogP contribution >= 0.6 is 11.6 Å². The standard InChI is InChI=1S/C12H14ClFO/c1-8(15)12(5-6-12)7-9-3-2-4-10(14)11(9)13/h2-4,8,15H,5-7H2,1H3. The summed E-state index contributed by atoms with van der Waals surface area (Å²) in [5.41, 5.74) is 0.743. The van der Waals surface area contributed by atoms with E-state index in [1.165, 1.54) is 6.07 Å². The molecule has 2 rings (SSSR count). The van der Waals surface area contributed by atoms with E-state index in [0.717, 1.165) is 18.4 Å². The van der Waals surface area contributed by atoms with E-state index in [9.17, 15) is 9.50 Å². The van der Waals surface area contributed by atoms with Crippen molar-refractivity contribution in [1.82, 2.24) is 0 Å². The summed E-state index contributed by atoms with van der Waals surface area (Å²) in [4.78, 5) is 0. The summed E-state index contributed by atoms with van der Waals surface area (Å²) in [6, 6.07) is 4.84. The van der Waals surface area contributed by atoms with Gasteiger partial charge in [0.15, 0.2) is 0 Å².